The SMILES string of the molecule is CCc1oc2ccccc2c1/C=C/C(=O)NCC(=O)N1CCCC1. The molecule has 0 aliphatic carbocycles. The summed E-state index contributed by atoms with van der Waals surface area (Å²) in [5, 5.41) is 3.65. The Morgan fingerprint density at radius 2 is 2.00 bits per heavy atom. The van der Waals surface area contributed by atoms with Gasteiger partial charge in [0, 0.05) is 36.5 Å². The monoisotopic (exact) mass is 326 g/mol. The predicted octanol–water partition coefficient (Wildman–Crippen LogP) is 2.75. The number of aryl methyl sites for hydroxylation is 1. The molecule has 2 aromatic rings. The summed E-state index contributed by atoms with van der Waals surface area (Å²) in [6, 6.07) is 7.77. The third-order valence-corrected chi connectivity index (χ3v) is 4.31. The van der Waals surface area contributed by atoms with Gasteiger partial charge in [0.25, 0.3) is 0 Å². The molecule has 3 rings (SSSR count). The van der Waals surface area contributed by atoms with Gasteiger partial charge in [0.05, 0.1) is 6.54 Å². The molecule has 5 nitrogen and oxygen atoms in total. The Morgan fingerprint density at radius 3 is 2.75 bits per heavy atom. The molecule has 0 atom stereocenters. The van der Waals surface area contributed by atoms with Crippen LogP contribution < -0.4 is 5.32 Å². The standard InChI is InChI=1S/C19H22N2O3/c1-2-16-15(14-7-3-4-8-17(14)24-16)9-10-18(22)20-13-19(23)21-11-5-6-12-21/h3-4,7-10H,2,5-6,11-13H2,1H3,(H,20,22)/b10-9+. The first-order valence-corrected chi connectivity index (χ1v) is 8.43. The number of nitrogens with zero attached hydrogens (tertiary/aromatic N) is 1. The maximum Gasteiger partial charge on any atom is 0.244 e. The first-order valence-electron chi connectivity index (χ1n) is 8.43. The molecule has 1 fully saturated rings. The quantitative estimate of drug-likeness (QED) is 0.859. The van der Waals surface area contributed by atoms with E-state index >= 15 is 0 Å². The molecule has 1 aromatic carbocycles. The number of para-hydroxylation sites is 1. The maximum absolute atomic E-state index is 12.0. The van der Waals surface area contributed by atoms with Crippen LogP contribution in [-0.4, -0.2) is 36.3 Å². The van der Waals surface area contributed by atoms with Crippen LogP contribution in [0.25, 0.3) is 17.0 Å². The van der Waals surface area contributed by atoms with Crippen LogP contribution >= 0.6 is 0 Å². The topological polar surface area (TPSA) is 62.6 Å². The zero-order valence-corrected chi connectivity index (χ0v) is 13.9. The first kappa shape index (κ1) is 16.3. The summed E-state index contributed by atoms with van der Waals surface area (Å²) in [6.45, 7) is 3.66. The van der Waals surface area contributed by atoms with Gasteiger partial charge in [0.2, 0.25) is 11.8 Å². The maximum atomic E-state index is 12.0. The van der Waals surface area contributed by atoms with E-state index in [4.69, 9.17) is 4.42 Å². The smallest absolute Gasteiger partial charge is 0.244 e. The number of fused-ring (bicyclic) bond motifs is 1. The van der Waals surface area contributed by atoms with Crippen LogP contribution in [0.4, 0.5) is 0 Å². The zero-order chi connectivity index (χ0) is 16.9. The fourth-order valence-electron chi connectivity index (χ4n) is 3.02. The number of hydrogen-bond acceptors (Lipinski definition) is 3. The van der Waals surface area contributed by atoms with Crippen molar-refractivity contribution in [3.63, 3.8) is 0 Å². The molecule has 5 heteroatoms. The number of benzene rings is 1. The number of carbonyl (C=O) groups excluding carboxylic acids is 2. The predicted molar refractivity (Wildman–Crippen MR) is 93.4 cm³/mol. The molecule has 1 saturated heterocycles. The minimum atomic E-state index is -0.269. The van der Waals surface area contributed by atoms with Gasteiger partial charge in [0.15, 0.2) is 0 Å². The molecule has 1 aliphatic rings. The van der Waals surface area contributed by atoms with Crippen molar-refractivity contribution in [2.45, 2.75) is 26.2 Å². The lowest BCUT2D eigenvalue weighted by atomic mass is 10.1. The van der Waals surface area contributed by atoms with E-state index in [0.717, 1.165) is 54.6 Å². The van der Waals surface area contributed by atoms with Crippen molar-refractivity contribution >= 4 is 28.9 Å². The van der Waals surface area contributed by atoms with Crippen LogP contribution in [0.3, 0.4) is 0 Å². The second kappa shape index (κ2) is 7.34. The summed E-state index contributed by atoms with van der Waals surface area (Å²) in [5.74, 6) is 0.570. The van der Waals surface area contributed by atoms with E-state index in [2.05, 4.69) is 5.32 Å². The van der Waals surface area contributed by atoms with Gasteiger partial charge in [-0.2, -0.15) is 0 Å². The summed E-state index contributed by atoms with van der Waals surface area (Å²) < 4.78 is 5.80. The molecule has 0 spiro atoms. The van der Waals surface area contributed by atoms with Crippen LogP contribution in [0.2, 0.25) is 0 Å². The Kier molecular flexibility index (Phi) is 4.99. The number of nitrogens with one attached hydrogen (secondary N) is 1. The largest absolute Gasteiger partial charge is 0.460 e. The fourth-order valence-corrected chi connectivity index (χ4v) is 3.02. The van der Waals surface area contributed by atoms with Gasteiger partial charge in [0.1, 0.15) is 11.3 Å². The van der Waals surface area contributed by atoms with Gasteiger partial charge in [-0.25, -0.2) is 0 Å². The van der Waals surface area contributed by atoms with Crippen molar-refractivity contribution in [3.05, 3.63) is 41.7 Å². The highest BCUT2D eigenvalue weighted by Crippen LogP contribution is 2.27. The Hall–Kier alpha value is -2.56. The van der Waals surface area contributed by atoms with E-state index in [9.17, 15) is 9.59 Å². The third-order valence-electron chi connectivity index (χ3n) is 4.31. The summed E-state index contributed by atoms with van der Waals surface area (Å²) in [6.07, 6.45) is 6.08. The Bertz CT molecular complexity index is 770. The first-order chi connectivity index (χ1) is 11.7. The highest BCUT2D eigenvalue weighted by molar-refractivity contribution is 5.97. The summed E-state index contributed by atoms with van der Waals surface area (Å²) in [4.78, 5) is 25.7. The molecular weight excluding hydrogens is 304 g/mol. The Balaban J connectivity index is 1.64. The molecule has 0 bridgehead atoms. The minimum Gasteiger partial charge on any atom is -0.460 e. The van der Waals surface area contributed by atoms with E-state index < -0.39 is 0 Å². The molecule has 24 heavy (non-hydrogen) atoms. The normalized spacial score (nSPS) is 14.6. The van der Waals surface area contributed by atoms with Gasteiger partial charge in [-0.05, 0) is 25.0 Å². The summed E-state index contributed by atoms with van der Waals surface area (Å²) in [7, 11) is 0. The van der Waals surface area contributed by atoms with Gasteiger partial charge in [-0.15, -0.1) is 0 Å². The van der Waals surface area contributed by atoms with Gasteiger partial charge in [-0.1, -0.05) is 25.1 Å². The average molecular weight is 326 g/mol. The molecule has 1 N–H and O–H groups in total. The Labute approximate surface area is 141 Å². The van der Waals surface area contributed by atoms with Crippen LogP contribution in [-0.2, 0) is 16.0 Å². The summed E-state index contributed by atoms with van der Waals surface area (Å²) in [5.41, 5.74) is 1.74. The Morgan fingerprint density at radius 1 is 1.25 bits per heavy atom. The highest BCUT2D eigenvalue weighted by atomic mass is 16.3. The number of likely N-dealkylation sites (tertiary alicyclic amines) is 1. The molecule has 0 saturated carbocycles. The molecule has 0 radical (unpaired) electrons. The number of rotatable bonds is 5. The second-order valence-electron chi connectivity index (χ2n) is 5.93. The van der Waals surface area contributed by atoms with Crippen molar-refractivity contribution in [1.29, 1.82) is 0 Å². The van der Waals surface area contributed by atoms with E-state index in [1.54, 1.807) is 11.0 Å². The average Bonchev–Trinajstić information content (AvgIpc) is 3.25. The van der Waals surface area contributed by atoms with Crippen molar-refractivity contribution < 1.29 is 14.0 Å². The lowest BCUT2D eigenvalue weighted by Crippen LogP contribution is -2.38. The van der Waals surface area contributed by atoms with Gasteiger partial charge >= 0.3 is 0 Å². The van der Waals surface area contributed by atoms with Crippen LogP contribution in [0.1, 0.15) is 31.1 Å². The number of amides is 2. The zero-order valence-electron chi connectivity index (χ0n) is 13.9. The van der Waals surface area contributed by atoms with Gasteiger partial charge in [-0.3, -0.25) is 9.59 Å². The van der Waals surface area contributed by atoms with E-state index in [1.807, 2.05) is 31.2 Å². The third kappa shape index (κ3) is 3.50. The van der Waals surface area contributed by atoms with E-state index in [-0.39, 0.29) is 18.4 Å². The molecule has 2 heterocycles. The molecule has 1 aliphatic heterocycles. The van der Waals surface area contributed by atoms with Crippen molar-refractivity contribution in [3.8, 4) is 0 Å². The molecule has 1 aromatic heterocycles. The number of furan rings is 1. The van der Waals surface area contributed by atoms with E-state index in [0.29, 0.717) is 0 Å². The lowest BCUT2D eigenvalue weighted by molar-refractivity contribution is -0.131. The second-order valence-corrected chi connectivity index (χ2v) is 5.93. The van der Waals surface area contributed by atoms with Crippen molar-refractivity contribution in [2.75, 3.05) is 19.6 Å². The molecular formula is C19H22N2O3. The number of hydrogen-bond donors (Lipinski definition) is 1. The van der Waals surface area contributed by atoms with Crippen LogP contribution in [0.15, 0.2) is 34.8 Å². The van der Waals surface area contributed by atoms with Crippen LogP contribution in [0.5, 0.6) is 0 Å². The van der Waals surface area contributed by atoms with Gasteiger partial charge < -0.3 is 14.6 Å². The molecule has 0 unspecified atom stereocenters. The molecule has 126 valence electrons. The fraction of sp³-hybridized carbons (Fsp3) is 0.368. The van der Waals surface area contributed by atoms with Crippen molar-refractivity contribution in [2.24, 2.45) is 0 Å². The van der Waals surface area contributed by atoms with Crippen LogP contribution in [0, 0.1) is 0 Å². The molecule has 2 amide bonds. The minimum absolute atomic E-state index is 0.0164. The lowest BCUT2D eigenvalue weighted by Gasteiger charge is -2.14. The number of carbonyl (C=O) groups is 2. The highest BCUT2D eigenvalue weighted by Gasteiger charge is 2.17. The van der Waals surface area contributed by atoms with E-state index in [1.165, 1.54) is 6.08 Å². The van der Waals surface area contributed by atoms with Crippen molar-refractivity contribution in [1.82, 2.24) is 10.2 Å². The summed E-state index contributed by atoms with van der Waals surface area (Å²) >= 11 is 0.